The molecule has 1 aromatic carbocycles. The number of nitrogens with two attached hydrogens (primary N) is 1. The highest BCUT2D eigenvalue weighted by Gasteiger charge is 2.03. The SMILES string of the molecule is COc1cccc(CC(=O)NCCOCCN)c1. The van der Waals surface area contributed by atoms with E-state index in [2.05, 4.69) is 5.32 Å². The van der Waals surface area contributed by atoms with Gasteiger partial charge < -0.3 is 20.5 Å². The molecule has 0 fully saturated rings. The highest BCUT2D eigenvalue weighted by Crippen LogP contribution is 2.12. The zero-order chi connectivity index (χ0) is 13.2. The molecular formula is C13H20N2O3. The molecule has 0 saturated carbocycles. The van der Waals surface area contributed by atoms with Crippen molar-refractivity contribution < 1.29 is 14.3 Å². The molecule has 0 atom stereocenters. The molecule has 3 N–H and O–H groups in total. The fraction of sp³-hybridized carbons (Fsp3) is 0.462. The number of hydrogen-bond donors (Lipinski definition) is 2. The molecule has 0 aliphatic rings. The lowest BCUT2D eigenvalue weighted by atomic mass is 10.1. The summed E-state index contributed by atoms with van der Waals surface area (Å²) in [6.45, 7) is 2.01. The highest BCUT2D eigenvalue weighted by atomic mass is 16.5. The number of carbonyl (C=O) groups excluding carboxylic acids is 1. The second-order valence-corrected chi connectivity index (χ2v) is 3.78. The smallest absolute Gasteiger partial charge is 0.224 e. The molecule has 0 heterocycles. The fourth-order valence-electron chi connectivity index (χ4n) is 1.48. The van der Waals surface area contributed by atoms with Crippen LogP contribution in [-0.2, 0) is 16.0 Å². The summed E-state index contributed by atoms with van der Waals surface area (Å²) >= 11 is 0. The Labute approximate surface area is 107 Å². The molecule has 1 aromatic rings. The molecule has 5 heteroatoms. The van der Waals surface area contributed by atoms with E-state index in [9.17, 15) is 4.79 Å². The monoisotopic (exact) mass is 252 g/mol. The maximum Gasteiger partial charge on any atom is 0.224 e. The summed E-state index contributed by atoms with van der Waals surface area (Å²) in [5.74, 6) is 0.728. The fourth-order valence-corrected chi connectivity index (χ4v) is 1.48. The lowest BCUT2D eigenvalue weighted by Gasteiger charge is -2.07. The third kappa shape index (κ3) is 5.65. The van der Waals surface area contributed by atoms with E-state index in [1.54, 1.807) is 7.11 Å². The van der Waals surface area contributed by atoms with Crippen LogP contribution in [0.3, 0.4) is 0 Å². The number of benzene rings is 1. The maximum absolute atomic E-state index is 11.6. The molecule has 1 amide bonds. The van der Waals surface area contributed by atoms with Gasteiger partial charge in [-0.05, 0) is 17.7 Å². The number of methoxy groups -OCH3 is 1. The average Bonchev–Trinajstić information content (AvgIpc) is 2.38. The minimum Gasteiger partial charge on any atom is -0.497 e. The number of amides is 1. The van der Waals surface area contributed by atoms with Gasteiger partial charge in [-0.3, -0.25) is 4.79 Å². The first-order valence-corrected chi connectivity index (χ1v) is 5.93. The molecule has 0 bridgehead atoms. The molecule has 0 unspecified atom stereocenters. The summed E-state index contributed by atoms with van der Waals surface area (Å²) in [5.41, 5.74) is 6.20. The van der Waals surface area contributed by atoms with Crippen molar-refractivity contribution in [2.75, 3.05) is 33.4 Å². The van der Waals surface area contributed by atoms with Crippen molar-refractivity contribution in [1.29, 1.82) is 0 Å². The molecule has 5 nitrogen and oxygen atoms in total. The lowest BCUT2D eigenvalue weighted by molar-refractivity contribution is -0.120. The van der Waals surface area contributed by atoms with E-state index < -0.39 is 0 Å². The van der Waals surface area contributed by atoms with Crippen molar-refractivity contribution in [2.45, 2.75) is 6.42 Å². The van der Waals surface area contributed by atoms with Crippen LogP contribution in [-0.4, -0.2) is 39.3 Å². The first kappa shape index (κ1) is 14.5. The van der Waals surface area contributed by atoms with Crippen LogP contribution in [0.25, 0.3) is 0 Å². The van der Waals surface area contributed by atoms with Gasteiger partial charge in [-0.25, -0.2) is 0 Å². The van der Waals surface area contributed by atoms with Crippen LogP contribution in [0.5, 0.6) is 5.75 Å². The van der Waals surface area contributed by atoms with Crippen LogP contribution in [0.4, 0.5) is 0 Å². The number of nitrogens with one attached hydrogen (secondary N) is 1. The van der Waals surface area contributed by atoms with Crippen LogP contribution < -0.4 is 15.8 Å². The van der Waals surface area contributed by atoms with Gasteiger partial charge in [0.15, 0.2) is 0 Å². The van der Waals surface area contributed by atoms with E-state index in [4.69, 9.17) is 15.2 Å². The molecule has 100 valence electrons. The van der Waals surface area contributed by atoms with Gasteiger partial charge in [-0.1, -0.05) is 12.1 Å². The topological polar surface area (TPSA) is 73.6 Å². The number of ether oxygens (including phenoxy) is 2. The van der Waals surface area contributed by atoms with Crippen LogP contribution in [0, 0.1) is 0 Å². The third-order valence-electron chi connectivity index (χ3n) is 2.33. The summed E-state index contributed by atoms with van der Waals surface area (Å²) in [6.07, 6.45) is 0.341. The molecule has 0 radical (unpaired) electrons. The van der Waals surface area contributed by atoms with Crippen LogP contribution in [0.2, 0.25) is 0 Å². The minimum atomic E-state index is -0.0281. The quantitative estimate of drug-likeness (QED) is 0.654. The summed E-state index contributed by atoms with van der Waals surface area (Å²) in [4.78, 5) is 11.6. The van der Waals surface area contributed by atoms with Gasteiger partial charge in [0.25, 0.3) is 0 Å². The van der Waals surface area contributed by atoms with Gasteiger partial charge in [0.05, 0.1) is 26.7 Å². The summed E-state index contributed by atoms with van der Waals surface area (Å²) in [5, 5.41) is 2.78. The number of rotatable bonds is 8. The molecule has 0 aliphatic heterocycles. The van der Waals surface area contributed by atoms with Crippen molar-refractivity contribution in [3.8, 4) is 5.75 Å². The molecule has 18 heavy (non-hydrogen) atoms. The van der Waals surface area contributed by atoms with E-state index in [1.807, 2.05) is 24.3 Å². The van der Waals surface area contributed by atoms with Gasteiger partial charge in [0.2, 0.25) is 5.91 Å². The van der Waals surface area contributed by atoms with E-state index >= 15 is 0 Å². The second-order valence-electron chi connectivity index (χ2n) is 3.78. The number of hydrogen-bond acceptors (Lipinski definition) is 4. The van der Waals surface area contributed by atoms with Crippen LogP contribution in [0.1, 0.15) is 5.56 Å². The minimum absolute atomic E-state index is 0.0281. The Morgan fingerprint density at radius 2 is 2.22 bits per heavy atom. The first-order chi connectivity index (χ1) is 8.76. The summed E-state index contributed by atoms with van der Waals surface area (Å²) in [7, 11) is 1.61. The van der Waals surface area contributed by atoms with E-state index in [0.717, 1.165) is 11.3 Å². The number of carbonyl (C=O) groups is 1. The van der Waals surface area contributed by atoms with Gasteiger partial charge in [0.1, 0.15) is 5.75 Å². The Kier molecular flexibility index (Phi) is 6.83. The standard InChI is InChI=1S/C13H20N2O3/c1-17-12-4-2-3-11(9-12)10-13(16)15-6-8-18-7-5-14/h2-4,9H,5-8,10,14H2,1H3,(H,15,16). The largest absolute Gasteiger partial charge is 0.497 e. The van der Waals surface area contributed by atoms with Crippen molar-refractivity contribution in [3.63, 3.8) is 0 Å². The Morgan fingerprint density at radius 3 is 2.94 bits per heavy atom. The predicted molar refractivity (Wildman–Crippen MR) is 69.6 cm³/mol. The van der Waals surface area contributed by atoms with Crippen LogP contribution in [0.15, 0.2) is 24.3 Å². The molecule has 0 aliphatic carbocycles. The van der Waals surface area contributed by atoms with Gasteiger partial charge in [-0.2, -0.15) is 0 Å². The Hall–Kier alpha value is -1.59. The average molecular weight is 252 g/mol. The normalized spacial score (nSPS) is 10.1. The van der Waals surface area contributed by atoms with E-state index in [-0.39, 0.29) is 5.91 Å². The Balaban J connectivity index is 2.26. The molecule has 0 saturated heterocycles. The zero-order valence-corrected chi connectivity index (χ0v) is 10.6. The molecule has 0 aromatic heterocycles. The van der Waals surface area contributed by atoms with Crippen molar-refractivity contribution in [2.24, 2.45) is 5.73 Å². The van der Waals surface area contributed by atoms with Gasteiger partial charge >= 0.3 is 0 Å². The molecular weight excluding hydrogens is 232 g/mol. The molecule has 0 spiro atoms. The maximum atomic E-state index is 11.6. The van der Waals surface area contributed by atoms with E-state index in [1.165, 1.54) is 0 Å². The molecule has 1 rings (SSSR count). The summed E-state index contributed by atoms with van der Waals surface area (Å²) in [6, 6.07) is 7.46. The Bertz CT molecular complexity index is 369. The zero-order valence-electron chi connectivity index (χ0n) is 10.6. The third-order valence-corrected chi connectivity index (χ3v) is 2.33. The van der Waals surface area contributed by atoms with Gasteiger partial charge in [0, 0.05) is 13.1 Å². The lowest BCUT2D eigenvalue weighted by Crippen LogP contribution is -2.29. The van der Waals surface area contributed by atoms with E-state index in [0.29, 0.717) is 32.7 Å². The second kappa shape index (κ2) is 8.49. The van der Waals surface area contributed by atoms with Crippen molar-refractivity contribution in [3.05, 3.63) is 29.8 Å². The highest BCUT2D eigenvalue weighted by molar-refractivity contribution is 5.78. The predicted octanol–water partition coefficient (Wildman–Crippen LogP) is 0.329. The van der Waals surface area contributed by atoms with Crippen molar-refractivity contribution >= 4 is 5.91 Å². The van der Waals surface area contributed by atoms with Gasteiger partial charge in [-0.15, -0.1) is 0 Å². The first-order valence-electron chi connectivity index (χ1n) is 5.93. The van der Waals surface area contributed by atoms with Crippen LogP contribution >= 0.6 is 0 Å². The summed E-state index contributed by atoms with van der Waals surface area (Å²) < 4.78 is 10.3. The Morgan fingerprint density at radius 1 is 1.39 bits per heavy atom. The van der Waals surface area contributed by atoms with Crippen molar-refractivity contribution in [1.82, 2.24) is 5.32 Å².